The predicted molar refractivity (Wildman–Crippen MR) is 90.8 cm³/mol. The van der Waals surface area contributed by atoms with Gasteiger partial charge in [-0.15, -0.1) is 0 Å². The number of urea groups is 1. The van der Waals surface area contributed by atoms with Crippen LogP contribution < -0.4 is 10.6 Å². The smallest absolute Gasteiger partial charge is 0.315 e. The molecule has 6 nitrogen and oxygen atoms in total. The standard InChI is InChI=1S/C17H25N5O/c1-12(2)9-20-14-11-19-8-6-17(14)15(21-16(23)22(17)3)13-5-4-7-18-10-13/h4-5,7,10,12,14,19-20H,6,8-9,11H2,1-3H3. The minimum Gasteiger partial charge on any atom is -0.315 e. The zero-order valence-corrected chi connectivity index (χ0v) is 14.0. The Morgan fingerprint density at radius 1 is 1.52 bits per heavy atom. The molecule has 2 unspecified atom stereocenters. The number of hydrogen-bond acceptors (Lipinski definition) is 4. The van der Waals surface area contributed by atoms with Crippen molar-refractivity contribution in [3.63, 3.8) is 0 Å². The molecule has 0 aliphatic carbocycles. The molecule has 6 heteroatoms. The molecule has 0 saturated carbocycles. The zero-order valence-electron chi connectivity index (χ0n) is 14.0. The summed E-state index contributed by atoms with van der Waals surface area (Å²) in [4.78, 5) is 22.8. The molecule has 1 aromatic heterocycles. The van der Waals surface area contributed by atoms with Crippen molar-refractivity contribution in [2.24, 2.45) is 10.9 Å². The lowest BCUT2D eigenvalue weighted by Gasteiger charge is -2.47. The Balaban J connectivity index is 2.00. The molecule has 1 saturated heterocycles. The van der Waals surface area contributed by atoms with Crippen LogP contribution in [0.4, 0.5) is 4.79 Å². The highest BCUT2D eigenvalue weighted by Gasteiger charge is 2.54. The first-order valence-electron chi connectivity index (χ1n) is 8.27. The number of hydrogen-bond donors (Lipinski definition) is 2. The highest BCUT2D eigenvalue weighted by Crippen LogP contribution is 2.35. The molecule has 2 aliphatic heterocycles. The van der Waals surface area contributed by atoms with E-state index < -0.39 is 5.54 Å². The molecular formula is C17H25N5O. The number of amides is 2. The fourth-order valence-electron chi connectivity index (χ4n) is 3.59. The van der Waals surface area contributed by atoms with Gasteiger partial charge in [-0.3, -0.25) is 4.98 Å². The van der Waals surface area contributed by atoms with Gasteiger partial charge in [-0.2, -0.15) is 4.99 Å². The van der Waals surface area contributed by atoms with E-state index in [1.807, 2.05) is 24.1 Å². The summed E-state index contributed by atoms with van der Waals surface area (Å²) in [6, 6.07) is 3.85. The average Bonchev–Trinajstić information content (AvgIpc) is 2.81. The van der Waals surface area contributed by atoms with Crippen molar-refractivity contribution in [3.8, 4) is 0 Å². The number of carbonyl (C=O) groups excluding carboxylic acids is 1. The summed E-state index contributed by atoms with van der Waals surface area (Å²) in [5.74, 6) is 0.551. The first-order chi connectivity index (χ1) is 11.1. The number of rotatable bonds is 4. The van der Waals surface area contributed by atoms with Crippen molar-refractivity contribution >= 4 is 11.7 Å². The van der Waals surface area contributed by atoms with Crippen LogP contribution in [0, 0.1) is 5.92 Å². The number of aromatic nitrogens is 1. The lowest BCUT2D eigenvalue weighted by Crippen LogP contribution is -2.69. The second-order valence-electron chi connectivity index (χ2n) is 6.78. The Bertz CT molecular complexity index is 600. The van der Waals surface area contributed by atoms with Gasteiger partial charge in [0, 0.05) is 37.6 Å². The molecule has 3 rings (SSSR count). The molecule has 0 bridgehead atoms. The van der Waals surface area contributed by atoms with Crippen LogP contribution in [-0.2, 0) is 0 Å². The van der Waals surface area contributed by atoms with Crippen molar-refractivity contribution in [1.29, 1.82) is 0 Å². The Hall–Kier alpha value is -1.79. The second-order valence-corrected chi connectivity index (χ2v) is 6.78. The van der Waals surface area contributed by atoms with Gasteiger partial charge < -0.3 is 15.5 Å². The van der Waals surface area contributed by atoms with E-state index in [-0.39, 0.29) is 12.1 Å². The molecule has 3 heterocycles. The van der Waals surface area contributed by atoms with Gasteiger partial charge in [-0.1, -0.05) is 13.8 Å². The number of nitrogens with one attached hydrogen (secondary N) is 2. The highest BCUT2D eigenvalue weighted by atomic mass is 16.2. The minimum atomic E-state index is -0.403. The summed E-state index contributed by atoms with van der Waals surface area (Å²) in [6.07, 6.45) is 4.39. The SMILES string of the molecule is CC(C)CNC1CNCCC12C(c1cccnc1)=NC(=O)N2C. The van der Waals surface area contributed by atoms with Gasteiger partial charge in [0.2, 0.25) is 0 Å². The van der Waals surface area contributed by atoms with Gasteiger partial charge in [0.05, 0.1) is 5.71 Å². The maximum absolute atomic E-state index is 12.4. The number of pyridine rings is 1. The van der Waals surface area contributed by atoms with Crippen molar-refractivity contribution in [2.45, 2.75) is 31.8 Å². The molecule has 2 N–H and O–H groups in total. The Morgan fingerprint density at radius 3 is 3.04 bits per heavy atom. The first kappa shape index (κ1) is 16.1. The van der Waals surface area contributed by atoms with Crippen molar-refractivity contribution in [2.75, 3.05) is 26.7 Å². The van der Waals surface area contributed by atoms with Crippen LogP contribution in [0.3, 0.4) is 0 Å². The topological polar surface area (TPSA) is 69.6 Å². The maximum atomic E-state index is 12.4. The van der Waals surface area contributed by atoms with Crippen molar-refractivity contribution in [1.82, 2.24) is 20.5 Å². The molecule has 0 aromatic carbocycles. The summed E-state index contributed by atoms with van der Waals surface area (Å²) in [7, 11) is 1.87. The molecular weight excluding hydrogens is 290 g/mol. The molecule has 1 fully saturated rings. The maximum Gasteiger partial charge on any atom is 0.344 e. The molecule has 2 aliphatic rings. The van der Waals surface area contributed by atoms with Crippen LogP contribution in [0.1, 0.15) is 25.8 Å². The van der Waals surface area contributed by atoms with E-state index in [4.69, 9.17) is 0 Å². The van der Waals surface area contributed by atoms with Crippen LogP contribution in [-0.4, -0.2) is 59.9 Å². The van der Waals surface area contributed by atoms with Crippen LogP contribution >= 0.6 is 0 Å². The number of piperidine rings is 1. The van der Waals surface area contributed by atoms with Crippen molar-refractivity contribution in [3.05, 3.63) is 30.1 Å². The summed E-state index contributed by atoms with van der Waals surface area (Å²) in [6.45, 7) is 6.99. The van der Waals surface area contributed by atoms with Gasteiger partial charge in [-0.05, 0) is 37.6 Å². The Kier molecular flexibility index (Phi) is 4.46. The third-order valence-electron chi connectivity index (χ3n) is 4.82. The predicted octanol–water partition coefficient (Wildman–Crippen LogP) is 1.28. The van der Waals surface area contributed by atoms with E-state index in [9.17, 15) is 4.79 Å². The zero-order chi connectivity index (χ0) is 16.4. The third-order valence-corrected chi connectivity index (χ3v) is 4.82. The summed E-state index contributed by atoms with van der Waals surface area (Å²) >= 11 is 0. The van der Waals surface area contributed by atoms with E-state index in [2.05, 4.69) is 34.5 Å². The highest BCUT2D eigenvalue weighted by molar-refractivity contribution is 6.17. The van der Waals surface area contributed by atoms with E-state index in [0.29, 0.717) is 5.92 Å². The molecule has 124 valence electrons. The minimum absolute atomic E-state index is 0.133. The van der Waals surface area contributed by atoms with E-state index in [1.54, 1.807) is 12.4 Å². The monoisotopic (exact) mass is 315 g/mol. The number of carbonyl (C=O) groups is 1. The van der Waals surface area contributed by atoms with Crippen LogP contribution in [0.2, 0.25) is 0 Å². The number of nitrogens with zero attached hydrogens (tertiary/aromatic N) is 3. The summed E-state index contributed by atoms with van der Waals surface area (Å²) in [5.41, 5.74) is 1.38. The molecule has 2 atom stereocenters. The molecule has 23 heavy (non-hydrogen) atoms. The van der Waals surface area contributed by atoms with E-state index >= 15 is 0 Å². The van der Waals surface area contributed by atoms with Gasteiger partial charge in [0.1, 0.15) is 5.54 Å². The average molecular weight is 315 g/mol. The molecule has 2 amide bonds. The normalized spacial score (nSPS) is 27.8. The lowest BCUT2D eigenvalue weighted by atomic mass is 9.76. The van der Waals surface area contributed by atoms with Gasteiger partial charge >= 0.3 is 6.03 Å². The third kappa shape index (κ3) is 2.77. The van der Waals surface area contributed by atoms with E-state index in [0.717, 1.165) is 37.3 Å². The molecule has 1 aromatic rings. The Morgan fingerprint density at radius 2 is 2.35 bits per heavy atom. The van der Waals surface area contributed by atoms with Crippen LogP contribution in [0.5, 0.6) is 0 Å². The fourth-order valence-corrected chi connectivity index (χ4v) is 3.59. The second kappa shape index (κ2) is 6.37. The first-order valence-corrected chi connectivity index (χ1v) is 8.27. The summed E-state index contributed by atoms with van der Waals surface area (Å²) < 4.78 is 0. The molecule has 0 radical (unpaired) electrons. The molecule has 1 spiro atoms. The summed E-state index contributed by atoms with van der Waals surface area (Å²) in [5, 5.41) is 7.09. The Labute approximate surface area is 137 Å². The van der Waals surface area contributed by atoms with Gasteiger partial charge in [0.15, 0.2) is 0 Å². The quantitative estimate of drug-likeness (QED) is 0.878. The largest absolute Gasteiger partial charge is 0.344 e. The lowest BCUT2D eigenvalue weighted by molar-refractivity contribution is 0.138. The van der Waals surface area contributed by atoms with Crippen LogP contribution in [0.15, 0.2) is 29.5 Å². The van der Waals surface area contributed by atoms with E-state index in [1.165, 1.54) is 0 Å². The van der Waals surface area contributed by atoms with Crippen LogP contribution in [0.25, 0.3) is 0 Å². The van der Waals surface area contributed by atoms with Crippen molar-refractivity contribution < 1.29 is 4.79 Å². The van der Waals surface area contributed by atoms with Gasteiger partial charge in [0.25, 0.3) is 0 Å². The fraction of sp³-hybridized carbons (Fsp3) is 0.588. The van der Waals surface area contributed by atoms with Gasteiger partial charge in [-0.25, -0.2) is 4.79 Å². The number of likely N-dealkylation sites (N-methyl/N-ethyl adjacent to an activating group) is 1. The number of aliphatic imine (C=N–C) groups is 1.